The molecule has 0 saturated carbocycles. The van der Waals surface area contributed by atoms with Gasteiger partial charge in [-0.2, -0.15) is 0 Å². The Morgan fingerprint density at radius 1 is 1.80 bits per heavy atom. The fourth-order valence-electron chi connectivity index (χ4n) is 1.30. The van der Waals surface area contributed by atoms with Gasteiger partial charge >= 0.3 is 5.97 Å². The van der Waals surface area contributed by atoms with Crippen LogP contribution in [0.3, 0.4) is 0 Å². The smallest absolute Gasteiger partial charge is 0.306 e. The van der Waals surface area contributed by atoms with Gasteiger partial charge < -0.3 is 19.7 Å². The number of aliphatic hydroxyl groups excluding tert-OH is 1. The average Bonchev–Trinajstić information content (AvgIpc) is 2.54. The molecule has 0 aliphatic carbocycles. The fourth-order valence-corrected chi connectivity index (χ4v) is 1.30. The van der Waals surface area contributed by atoms with E-state index in [4.69, 9.17) is 23.7 Å². The molecule has 2 atom stereocenters. The van der Waals surface area contributed by atoms with Gasteiger partial charge in [0, 0.05) is 2.74 Å². The third-order valence-corrected chi connectivity index (χ3v) is 2.01. The normalized spacial score (nSPS) is 33.7. The standard InChI is InChI=1S/C10H14O5/c1-4-10(7(11)5-8(12)13)6-14-9(2,3)15-10/h1,7,11H,5-6H2,2-3H3,(H,12,13)/t7?,10-/m1/s1/i5D2. The number of hydrogen-bond acceptors (Lipinski definition) is 4. The van der Waals surface area contributed by atoms with Crippen molar-refractivity contribution in [1.29, 1.82) is 0 Å². The number of carbonyl (C=O) groups is 1. The average molecular weight is 216 g/mol. The van der Waals surface area contributed by atoms with Crippen LogP contribution in [-0.4, -0.2) is 40.3 Å². The van der Waals surface area contributed by atoms with E-state index in [0.717, 1.165) is 0 Å². The zero-order valence-corrected chi connectivity index (χ0v) is 8.48. The van der Waals surface area contributed by atoms with Crippen LogP contribution in [0.15, 0.2) is 0 Å². The molecule has 0 radical (unpaired) electrons. The second kappa shape index (κ2) is 3.81. The first-order valence-electron chi connectivity index (χ1n) is 5.31. The highest BCUT2D eigenvalue weighted by Crippen LogP contribution is 2.33. The number of hydrogen-bond donors (Lipinski definition) is 2. The molecule has 5 heteroatoms. The van der Waals surface area contributed by atoms with Gasteiger partial charge in [-0.3, -0.25) is 4.79 Å². The van der Waals surface area contributed by atoms with Crippen molar-refractivity contribution in [1.82, 2.24) is 0 Å². The lowest BCUT2D eigenvalue weighted by Crippen LogP contribution is -2.45. The van der Waals surface area contributed by atoms with Crippen LogP contribution >= 0.6 is 0 Å². The predicted molar refractivity (Wildman–Crippen MR) is 50.9 cm³/mol. The zero-order chi connectivity index (χ0) is 13.5. The highest BCUT2D eigenvalue weighted by Gasteiger charge is 2.49. The lowest BCUT2D eigenvalue weighted by Gasteiger charge is -2.27. The molecule has 15 heavy (non-hydrogen) atoms. The largest absolute Gasteiger partial charge is 0.481 e. The van der Waals surface area contributed by atoms with Crippen molar-refractivity contribution in [2.24, 2.45) is 0 Å². The number of carboxylic acid groups (broad SMARTS) is 1. The topological polar surface area (TPSA) is 76.0 Å². The third-order valence-electron chi connectivity index (χ3n) is 2.01. The summed E-state index contributed by atoms with van der Waals surface area (Å²) < 4.78 is 25.0. The van der Waals surface area contributed by atoms with E-state index in [-0.39, 0.29) is 6.61 Å². The molecule has 0 aromatic rings. The maximum absolute atomic E-state index is 10.7. The van der Waals surface area contributed by atoms with E-state index in [2.05, 4.69) is 5.92 Å². The van der Waals surface area contributed by atoms with Crippen molar-refractivity contribution >= 4 is 5.97 Å². The second-order valence-electron chi connectivity index (χ2n) is 3.68. The Morgan fingerprint density at radius 3 is 2.73 bits per heavy atom. The molecule has 0 aromatic heterocycles. The van der Waals surface area contributed by atoms with Crippen LogP contribution in [-0.2, 0) is 14.3 Å². The van der Waals surface area contributed by atoms with Crippen molar-refractivity contribution in [3.05, 3.63) is 0 Å². The van der Waals surface area contributed by atoms with Crippen LogP contribution in [0.5, 0.6) is 0 Å². The molecule has 1 heterocycles. The molecule has 0 spiro atoms. The van der Waals surface area contributed by atoms with Gasteiger partial charge in [-0.15, -0.1) is 6.42 Å². The zero-order valence-electron chi connectivity index (χ0n) is 10.5. The van der Waals surface area contributed by atoms with Gasteiger partial charge in [0.05, 0.1) is 13.0 Å². The third kappa shape index (κ3) is 2.48. The van der Waals surface area contributed by atoms with E-state index >= 15 is 0 Å². The second-order valence-corrected chi connectivity index (χ2v) is 3.68. The Balaban J connectivity index is 3.06. The van der Waals surface area contributed by atoms with Crippen molar-refractivity contribution in [3.8, 4) is 12.3 Å². The van der Waals surface area contributed by atoms with E-state index in [1.807, 2.05) is 0 Å². The van der Waals surface area contributed by atoms with Gasteiger partial charge in [0.25, 0.3) is 0 Å². The summed E-state index contributed by atoms with van der Waals surface area (Å²) >= 11 is 0. The maximum atomic E-state index is 10.7. The predicted octanol–water partition coefficient (Wildman–Crippen LogP) is -0.0231. The van der Waals surface area contributed by atoms with Crippen LogP contribution in [0.4, 0.5) is 0 Å². The number of aliphatic carboxylic acids is 1. The summed E-state index contributed by atoms with van der Waals surface area (Å²) in [6.45, 7) is 2.80. The highest BCUT2D eigenvalue weighted by atomic mass is 16.8. The van der Waals surface area contributed by atoms with E-state index in [1.165, 1.54) is 13.8 Å². The minimum atomic E-state index is -2.92. The van der Waals surface area contributed by atoms with E-state index in [0.29, 0.717) is 0 Å². The number of aliphatic hydroxyl groups is 1. The molecule has 0 amide bonds. The van der Waals surface area contributed by atoms with Gasteiger partial charge in [0.15, 0.2) is 11.4 Å². The van der Waals surface area contributed by atoms with Crippen LogP contribution in [0.1, 0.15) is 23.0 Å². The molecule has 1 aliphatic heterocycles. The van der Waals surface area contributed by atoms with Crippen LogP contribution in [0.2, 0.25) is 0 Å². The molecular weight excluding hydrogens is 200 g/mol. The summed E-state index contributed by atoms with van der Waals surface area (Å²) in [7, 11) is 0. The Bertz CT molecular complexity index is 373. The van der Waals surface area contributed by atoms with E-state index in [1.54, 1.807) is 0 Å². The minimum absolute atomic E-state index is 0.273. The highest BCUT2D eigenvalue weighted by molar-refractivity contribution is 5.67. The molecule has 1 rings (SSSR count). The molecule has 1 aliphatic rings. The Morgan fingerprint density at radius 2 is 2.40 bits per heavy atom. The van der Waals surface area contributed by atoms with E-state index in [9.17, 15) is 9.90 Å². The van der Waals surface area contributed by atoms with Crippen molar-refractivity contribution < 1.29 is 27.2 Å². The molecule has 1 fully saturated rings. The summed E-state index contributed by atoms with van der Waals surface area (Å²) in [4.78, 5) is 10.7. The lowest BCUT2D eigenvalue weighted by atomic mass is 9.96. The van der Waals surface area contributed by atoms with Crippen LogP contribution < -0.4 is 0 Å². The SMILES string of the molecule is [2H]C([2H])(C(=O)O)C(O)[C@@]1(C#C)COC(C)(C)O1. The molecule has 5 nitrogen and oxygen atoms in total. The van der Waals surface area contributed by atoms with Crippen LogP contribution in [0.25, 0.3) is 0 Å². The molecule has 1 unspecified atom stereocenters. The molecule has 2 N–H and O–H groups in total. The van der Waals surface area contributed by atoms with Crippen molar-refractivity contribution in [3.63, 3.8) is 0 Å². The van der Waals surface area contributed by atoms with Gasteiger partial charge in [-0.1, -0.05) is 5.92 Å². The first kappa shape index (κ1) is 9.16. The summed E-state index contributed by atoms with van der Waals surface area (Å²) in [5.74, 6) is -0.814. The number of rotatable bonds is 3. The van der Waals surface area contributed by atoms with Crippen molar-refractivity contribution in [2.45, 2.75) is 37.7 Å². The first-order chi connectivity index (χ1) is 7.57. The van der Waals surface area contributed by atoms with Gasteiger partial charge in [0.2, 0.25) is 0 Å². The maximum Gasteiger partial charge on any atom is 0.306 e. The molecule has 84 valence electrons. The minimum Gasteiger partial charge on any atom is -0.481 e. The molecule has 1 saturated heterocycles. The van der Waals surface area contributed by atoms with Gasteiger partial charge in [-0.25, -0.2) is 0 Å². The Labute approximate surface area is 90.8 Å². The number of terminal acetylenes is 1. The quantitative estimate of drug-likeness (QED) is 0.648. The monoisotopic (exact) mass is 216 g/mol. The van der Waals surface area contributed by atoms with Crippen LogP contribution in [0, 0.1) is 12.3 Å². The fraction of sp³-hybridized carbons (Fsp3) is 0.700. The Kier molecular flexibility index (Phi) is 2.33. The summed E-state index contributed by atoms with van der Waals surface area (Å²) in [6.07, 6.45) is 0.264. The Hall–Kier alpha value is -1.09. The summed E-state index contributed by atoms with van der Waals surface area (Å²) in [5, 5.41) is 18.5. The molecule has 0 aromatic carbocycles. The molecular formula is C10H14O5. The number of ether oxygens (including phenoxy) is 2. The van der Waals surface area contributed by atoms with Gasteiger partial charge in [-0.05, 0) is 13.8 Å². The van der Waals surface area contributed by atoms with E-state index < -0.39 is 29.8 Å². The first-order valence-corrected chi connectivity index (χ1v) is 4.31. The number of carboxylic acids is 1. The molecule has 0 bridgehead atoms. The lowest BCUT2D eigenvalue weighted by molar-refractivity contribution is -0.172. The van der Waals surface area contributed by atoms with Crippen molar-refractivity contribution in [2.75, 3.05) is 6.61 Å². The summed E-state index contributed by atoms with van der Waals surface area (Å²) in [6, 6.07) is 0. The van der Waals surface area contributed by atoms with Gasteiger partial charge in [0.1, 0.15) is 6.10 Å². The summed E-state index contributed by atoms with van der Waals surface area (Å²) in [5.41, 5.74) is -1.80.